The van der Waals surface area contributed by atoms with E-state index in [1.165, 1.54) is 6.42 Å². The van der Waals surface area contributed by atoms with E-state index in [4.69, 9.17) is 11.6 Å². The van der Waals surface area contributed by atoms with Crippen molar-refractivity contribution in [1.82, 2.24) is 15.2 Å². The maximum Gasteiger partial charge on any atom is 0.271 e. The number of H-pyrrole nitrogens is 1. The molecule has 0 bridgehead atoms. The third-order valence-electron chi connectivity index (χ3n) is 8.22. The zero-order valence-electron chi connectivity index (χ0n) is 19.8. The van der Waals surface area contributed by atoms with E-state index in [0.29, 0.717) is 36.5 Å². The molecule has 7 nitrogen and oxygen atoms in total. The molecular formula is C27H31ClN4O3. The quantitative estimate of drug-likeness (QED) is 0.625. The molecule has 3 fully saturated rings. The van der Waals surface area contributed by atoms with Crippen molar-refractivity contribution in [3.8, 4) is 6.07 Å². The number of nitriles is 1. The van der Waals surface area contributed by atoms with Crippen molar-refractivity contribution in [2.24, 2.45) is 11.3 Å². The number of nitrogens with one attached hydrogen (secondary N) is 2. The summed E-state index contributed by atoms with van der Waals surface area (Å²) in [6.07, 6.45) is 8.51. The lowest BCUT2D eigenvalue weighted by molar-refractivity contribution is -0.126. The Bertz CT molecular complexity index is 1190. The Hall–Kier alpha value is -2.85. The van der Waals surface area contributed by atoms with Gasteiger partial charge in [0.1, 0.15) is 23.6 Å². The van der Waals surface area contributed by atoms with E-state index in [1.807, 2.05) is 6.07 Å². The number of rotatable bonds is 5. The molecule has 35 heavy (non-hydrogen) atoms. The number of amides is 2. The standard InChI is InChI=1S/C27H31ClN4O3/c28-19-8-7-17-12-22(31-21(17)13-19)26(35)32-16-27(9-2-1-3-10-27)14-23(32)25(34)30-20(15-29)11-18-5-4-6-24(18)33/h7-8,12-13,18,20,23,31H,1-6,9-11,14,16H2,(H,30,34). The third kappa shape index (κ3) is 4.81. The molecule has 1 spiro atoms. The van der Waals surface area contributed by atoms with Crippen molar-refractivity contribution in [3.63, 3.8) is 0 Å². The molecule has 2 aliphatic carbocycles. The van der Waals surface area contributed by atoms with Gasteiger partial charge in [0.25, 0.3) is 5.91 Å². The van der Waals surface area contributed by atoms with E-state index < -0.39 is 12.1 Å². The Balaban J connectivity index is 1.37. The molecule has 2 N–H and O–H groups in total. The zero-order chi connectivity index (χ0) is 24.6. The number of Topliss-reactive ketones (excluding diaryl/α,β-unsaturated/α-hetero) is 1. The second-order valence-corrected chi connectivity index (χ2v) is 11.0. The van der Waals surface area contributed by atoms with E-state index in [2.05, 4.69) is 16.4 Å². The summed E-state index contributed by atoms with van der Waals surface area (Å²) >= 11 is 6.11. The summed E-state index contributed by atoms with van der Waals surface area (Å²) < 4.78 is 0. The van der Waals surface area contributed by atoms with Crippen LogP contribution in [-0.4, -0.2) is 46.1 Å². The van der Waals surface area contributed by atoms with Crippen LogP contribution in [0.15, 0.2) is 24.3 Å². The van der Waals surface area contributed by atoms with Crippen LogP contribution in [0.1, 0.15) is 74.7 Å². The number of likely N-dealkylation sites (tertiary alicyclic amines) is 1. The second-order valence-electron chi connectivity index (χ2n) is 10.6. The number of ketones is 1. The predicted molar refractivity (Wildman–Crippen MR) is 133 cm³/mol. The van der Waals surface area contributed by atoms with Crippen LogP contribution in [0, 0.1) is 22.7 Å². The lowest BCUT2D eigenvalue weighted by atomic mass is 9.72. The van der Waals surface area contributed by atoms with Gasteiger partial charge in [-0.25, -0.2) is 0 Å². The van der Waals surface area contributed by atoms with Crippen molar-refractivity contribution < 1.29 is 14.4 Å². The van der Waals surface area contributed by atoms with Crippen LogP contribution in [0.2, 0.25) is 5.02 Å². The molecule has 2 saturated carbocycles. The number of hydrogen-bond acceptors (Lipinski definition) is 4. The molecule has 1 saturated heterocycles. The fourth-order valence-electron chi connectivity index (χ4n) is 6.37. The van der Waals surface area contributed by atoms with Gasteiger partial charge in [0, 0.05) is 34.8 Å². The molecule has 8 heteroatoms. The molecule has 184 valence electrons. The molecule has 5 rings (SSSR count). The number of halogens is 1. The minimum absolute atomic E-state index is 0.0607. The van der Waals surface area contributed by atoms with Crippen molar-refractivity contribution >= 4 is 40.1 Å². The maximum absolute atomic E-state index is 13.7. The molecule has 0 radical (unpaired) electrons. The molecule has 1 aromatic carbocycles. The van der Waals surface area contributed by atoms with Gasteiger partial charge in [-0.15, -0.1) is 0 Å². The Labute approximate surface area is 210 Å². The molecular weight excluding hydrogens is 464 g/mol. The van der Waals surface area contributed by atoms with Crippen LogP contribution in [0.3, 0.4) is 0 Å². The molecule has 1 aromatic heterocycles. The fourth-order valence-corrected chi connectivity index (χ4v) is 6.54. The van der Waals surface area contributed by atoms with Gasteiger partial charge < -0.3 is 15.2 Å². The predicted octanol–water partition coefficient (Wildman–Crippen LogP) is 4.75. The first-order valence-electron chi connectivity index (χ1n) is 12.7. The minimum atomic E-state index is -0.732. The van der Waals surface area contributed by atoms with E-state index in [-0.39, 0.29) is 28.9 Å². The van der Waals surface area contributed by atoms with E-state index in [0.717, 1.165) is 49.4 Å². The summed E-state index contributed by atoms with van der Waals surface area (Å²) in [6.45, 7) is 0.540. The SMILES string of the molecule is N#CC(CC1CCCC1=O)NC(=O)C1CC2(CCCCC2)CN1C(=O)c1cc2ccc(Cl)cc2[nH]1. The number of hydrogen-bond donors (Lipinski definition) is 2. The highest BCUT2D eigenvalue weighted by atomic mass is 35.5. The minimum Gasteiger partial charge on any atom is -0.350 e. The summed E-state index contributed by atoms with van der Waals surface area (Å²) in [6, 6.07) is 8.04. The highest BCUT2D eigenvalue weighted by molar-refractivity contribution is 6.31. The summed E-state index contributed by atoms with van der Waals surface area (Å²) in [7, 11) is 0. The number of aromatic amines is 1. The normalized spacial score (nSPS) is 24.6. The first-order chi connectivity index (χ1) is 16.9. The average molecular weight is 495 g/mol. The molecule has 3 atom stereocenters. The number of carbonyl (C=O) groups excluding carboxylic acids is 3. The summed E-state index contributed by atoms with van der Waals surface area (Å²) in [5, 5.41) is 14.0. The second kappa shape index (κ2) is 9.66. The summed E-state index contributed by atoms with van der Waals surface area (Å²) in [4.78, 5) is 44.1. The van der Waals surface area contributed by atoms with Gasteiger partial charge in [0.05, 0.1) is 6.07 Å². The molecule has 2 amide bonds. The zero-order valence-corrected chi connectivity index (χ0v) is 20.6. The van der Waals surface area contributed by atoms with Gasteiger partial charge >= 0.3 is 0 Å². The first kappa shape index (κ1) is 23.9. The van der Waals surface area contributed by atoms with Crippen molar-refractivity contribution in [2.75, 3.05) is 6.54 Å². The lowest BCUT2D eigenvalue weighted by Crippen LogP contribution is -2.49. The number of fused-ring (bicyclic) bond motifs is 1. The first-order valence-corrected chi connectivity index (χ1v) is 13.1. The van der Waals surface area contributed by atoms with E-state index >= 15 is 0 Å². The fraction of sp³-hybridized carbons (Fsp3) is 0.556. The van der Waals surface area contributed by atoms with E-state index in [9.17, 15) is 19.6 Å². The van der Waals surface area contributed by atoms with Gasteiger partial charge in [-0.1, -0.05) is 36.9 Å². The third-order valence-corrected chi connectivity index (χ3v) is 8.46. The monoisotopic (exact) mass is 494 g/mol. The highest BCUT2D eigenvalue weighted by Crippen LogP contribution is 2.46. The number of carbonyl (C=O) groups is 3. The maximum atomic E-state index is 13.7. The van der Waals surface area contributed by atoms with Crippen molar-refractivity contribution in [1.29, 1.82) is 5.26 Å². The van der Waals surface area contributed by atoms with Gasteiger partial charge in [-0.05, 0) is 62.1 Å². The number of nitrogens with zero attached hydrogens (tertiary/aromatic N) is 2. The Morgan fingerprint density at radius 3 is 2.74 bits per heavy atom. The highest BCUT2D eigenvalue weighted by Gasteiger charge is 2.49. The number of aromatic nitrogens is 1. The molecule has 1 aliphatic heterocycles. The van der Waals surface area contributed by atoms with Crippen LogP contribution < -0.4 is 5.32 Å². The van der Waals surface area contributed by atoms with Crippen LogP contribution in [0.4, 0.5) is 0 Å². The van der Waals surface area contributed by atoms with Crippen LogP contribution in [0.25, 0.3) is 10.9 Å². The van der Waals surface area contributed by atoms with Crippen molar-refractivity contribution in [3.05, 3.63) is 35.0 Å². The van der Waals surface area contributed by atoms with Gasteiger partial charge in [0.15, 0.2) is 0 Å². The summed E-state index contributed by atoms with van der Waals surface area (Å²) in [5.41, 5.74) is 1.15. The molecule has 2 aromatic rings. The van der Waals surface area contributed by atoms with Crippen LogP contribution in [0.5, 0.6) is 0 Å². The summed E-state index contributed by atoms with van der Waals surface area (Å²) in [5.74, 6) is -0.488. The van der Waals surface area contributed by atoms with Crippen molar-refractivity contribution in [2.45, 2.75) is 76.3 Å². The molecule has 3 aliphatic rings. The largest absolute Gasteiger partial charge is 0.350 e. The Morgan fingerprint density at radius 2 is 2.03 bits per heavy atom. The lowest BCUT2D eigenvalue weighted by Gasteiger charge is -2.32. The Morgan fingerprint density at radius 1 is 1.23 bits per heavy atom. The van der Waals surface area contributed by atoms with Gasteiger partial charge in [0.2, 0.25) is 5.91 Å². The van der Waals surface area contributed by atoms with Crippen LogP contribution in [-0.2, 0) is 9.59 Å². The van der Waals surface area contributed by atoms with E-state index in [1.54, 1.807) is 23.1 Å². The van der Waals surface area contributed by atoms with Crippen LogP contribution >= 0.6 is 11.6 Å². The smallest absolute Gasteiger partial charge is 0.271 e. The number of benzene rings is 1. The molecule has 3 unspecified atom stereocenters. The average Bonchev–Trinajstić information content (AvgIpc) is 3.56. The Kier molecular flexibility index (Phi) is 6.59. The molecule has 2 heterocycles. The van der Waals surface area contributed by atoms with Gasteiger partial charge in [-0.2, -0.15) is 5.26 Å². The van der Waals surface area contributed by atoms with Gasteiger partial charge in [-0.3, -0.25) is 14.4 Å². The topological polar surface area (TPSA) is 106 Å².